The number of nitrogens with zero attached hydrogens (tertiary/aromatic N) is 1. The first-order valence-electron chi connectivity index (χ1n) is 5.80. The predicted molar refractivity (Wildman–Crippen MR) is 69.1 cm³/mol. The normalized spacial score (nSPS) is 21.6. The molecule has 0 saturated carbocycles. The van der Waals surface area contributed by atoms with Crippen molar-refractivity contribution in [1.82, 2.24) is 9.29 Å². The highest BCUT2D eigenvalue weighted by Crippen LogP contribution is 2.25. The topological polar surface area (TPSA) is 62.4 Å². The van der Waals surface area contributed by atoms with Crippen LogP contribution in [0.25, 0.3) is 0 Å². The summed E-state index contributed by atoms with van der Waals surface area (Å²) < 4.78 is 31.3. The van der Waals surface area contributed by atoms with Gasteiger partial charge in [0.15, 0.2) is 0 Å². The molecule has 2 rings (SSSR count). The average Bonchev–Trinajstić information content (AvgIpc) is 2.98. The molecule has 7 heteroatoms. The average molecular weight is 293 g/mol. The van der Waals surface area contributed by atoms with Crippen molar-refractivity contribution < 1.29 is 13.2 Å². The molecule has 1 aromatic heterocycles. The van der Waals surface area contributed by atoms with Gasteiger partial charge in [0.1, 0.15) is 0 Å². The van der Waals surface area contributed by atoms with Crippen molar-refractivity contribution in [2.24, 2.45) is 5.92 Å². The molecule has 102 valence electrons. The summed E-state index contributed by atoms with van der Waals surface area (Å²) in [7, 11) is -1.76. The highest BCUT2D eigenvalue weighted by molar-refractivity contribution is 7.89. The van der Waals surface area contributed by atoms with E-state index < -0.39 is 10.0 Å². The number of aromatic nitrogens is 1. The number of rotatable bonds is 5. The molecule has 0 spiro atoms. The summed E-state index contributed by atoms with van der Waals surface area (Å²) in [5, 5.41) is 0. The zero-order chi connectivity index (χ0) is 13.2. The van der Waals surface area contributed by atoms with Crippen molar-refractivity contribution in [1.29, 1.82) is 0 Å². The lowest BCUT2D eigenvalue weighted by Crippen LogP contribution is -2.29. The van der Waals surface area contributed by atoms with E-state index in [4.69, 9.17) is 16.3 Å². The SMILES string of the molecule is COCC1CCN(S(=O)(=O)c2c[nH]c(CCl)c2)C1. The van der Waals surface area contributed by atoms with Crippen molar-refractivity contribution in [2.45, 2.75) is 17.2 Å². The summed E-state index contributed by atoms with van der Waals surface area (Å²) in [6.07, 6.45) is 2.34. The number of aromatic amines is 1. The molecule has 0 aliphatic carbocycles. The minimum Gasteiger partial charge on any atom is -0.384 e. The molecule has 1 aliphatic heterocycles. The third-order valence-electron chi connectivity index (χ3n) is 3.15. The Morgan fingerprint density at radius 1 is 1.61 bits per heavy atom. The second-order valence-electron chi connectivity index (χ2n) is 4.47. The Kier molecular flexibility index (Phi) is 4.32. The van der Waals surface area contributed by atoms with Gasteiger partial charge in [0.25, 0.3) is 0 Å². The van der Waals surface area contributed by atoms with Crippen LogP contribution in [0.3, 0.4) is 0 Å². The Morgan fingerprint density at radius 2 is 2.39 bits per heavy atom. The summed E-state index contributed by atoms with van der Waals surface area (Å²) in [6, 6.07) is 1.59. The van der Waals surface area contributed by atoms with Gasteiger partial charge in [-0.25, -0.2) is 8.42 Å². The van der Waals surface area contributed by atoms with Gasteiger partial charge in [-0.2, -0.15) is 4.31 Å². The van der Waals surface area contributed by atoms with Gasteiger partial charge >= 0.3 is 0 Å². The van der Waals surface area contributed by atoms with Crippen LogP contribution in [0, 0.1) is 5.92 Å². The predicted octanol–water partition coefficient (Wildman–Crippen LogP) is 1.41. The molecule has 1 aromatic rings. The molecule has 18 heavy (non-hydrogen) atoms. The molecular formula is C11H17ClN2O3S. The summed E-state index contributed by atoms with van der Waals surface area (Å²) >= 11 is 5.66. The lowest BCUT2D eigenvalue weighted by molar-refractivity contribution is 0.157. The fraction of sp³-hybridized carbons (Fsp3) is 0.636. The molecule has 1 aliphatic rings. The molecule has 1 saturated heterocycles. The molecule has 1 atom stereocenters. The maximum Gasteiger partial charge on any atom is 0.244 e. The molecule has 1 fully saturated rings. The number of hydrogen-bond acceptors (Lipinski definition) is 3. The summed E-state index contributed by atoms with van der Waals surface area (Å²) in [5.41, 5.74) is 0.711. The standard InChI is InChI=1S/C11H17ClN2O3S/c1-17-8-9-2-3-14(7-9)18(15,16)11-4-10(5-12)13-6-11/h4,6,9,13H,2-3,5,7-8H2,1H3. The molecule has 1 N–H and O–H groups in total. The largest absolute Gasteiger partial charge is 0.384 e. The van der Waals surface area contributed by atoms with E-state index in [0.29, 0.717) is 25.4 Å². The summed E-state index contributed by atoms with van der Waals surface area (Å²) in [5.74, 6) is 0.568. The number of ether oxygens (including phenoxy) is 1. The van der Waals surface area contributed by atoms with Gasteiger partial charge in [-0.05, 0) is 18.4 Å². The van der Waals surface area contributed by atoms with Gasteiger partial charge < -0.3 is 9.72 Å². The third-order valence-corrected chi connectivity index (χ3v) is 5.28. The van der Waals surface area contributed by atoms with Gasteiger partial charge in [-0.3, -0.25) is 0 Å². The maximum atomic E-state index is 12.3. The van der Waals surface area contributed by atoms with E-state index in [1.807, 2.05) is 0 Å². The van der Waals surface area contributed by atoms with Gasteiger partial charge in [0.05, 0.1) is 17.4 Å². The van der Waals surface area contributed by atoms with Gasteiger partial charge in [0, 0.05) is 32.1 Å². The zero-order valence-electron chi connectivity index (χ0n) is 10.2. The Hall–Kier alpha value is -0.560. The van der Waals surface area contributed by atoms with E-state index in [2.05, 4.69) is 4.98 Å². The molecule has 0 bridgehead atoms. The molecule has 5 nitrogen and oxygen atoms in total. The Morgan fingerprint density at radius 3 is 3.00 bits per heavy atom. The Balaban J connectivity index is 2.12. The van der Waals surface area contributed by atoms with E-state index in [1.54, 1.807) is 13.2 Å². The highest BCUT2D eigenvalue weighted by Gasteiger charge is 2.32. The molecule has 0 radical (unpaired) electrons. The van der Waals surface area contributed by atoms with E-state index >= 15 is 0 Å². The molecule has 1 unspecified atom stereocenters. The van der Waals surface area contributed by atoms with Gasteiger partial charge in [-0.15, -0.1) is 11.6 Å². The number of sulfonamides is 1. The number of halogens is 1. The molecule has 0 amide bonds. The second kappa shape index (κ2) is 5.61. The minimum absolute atomic E-state index is 0.280. The van der Waals surface area contributed by atoms with Crippen molar-refractivity contribution in [3.05, 3.63) is 18.0 Å². The smallest absolute Gasteiger partial charge is 0.244 e. The number of nitrogens with one attached hydrogen (secondary N) is 1. The number of alkyl halides is 1. The van der Waals surface area contributed by atoms with Crippen LogP contribution in [0.2, 0.25) is 0 Å². The monoisotopic (exact) mass is 292 g/mol. The van der Waals surface area contributed by atoms with Crippen LogP contribution in [0.4, 0.5) is 0 Å². The second-order valence-corrected chi connectivity index (χ2v) is 6.67. The van der Waals surface area contributed by atoms with Crippen LogP contribution in [0.5, 0.6) is 0 Å². The van der Waals surface area contributed by atoms with Crippen LogP contribution in [-0.2, 0) is 20.6 Å². The van der Waals surface area contributed by atoms with Crippen LogP contribution in [-0.4, -0.2) is 44.5 Å². The van der Waals surface area contributed by atoms with Crippen molar-refractivity contribution in [3.8, 4) is 0 Å². The van der Waals surface area contributed by atoms with Crippen molar-refractivity contribution >= 4 is 21.6 Å². The van der Waals surface area contributed by atoms with E-state index in [0.717, 1.165) is 6.42 Å². The molecule has 2 heterocycles. The van der Waals surface area contributed by atoms with Gasteiger partial charge in [-0.1, -0.05) is 0 Å². The van der Waals surface area contributed by atoms with E-state index in [9.17, 15) is 8.42 Å². The summed E-state index contributed by atoms with van der Waals surface area (Å²) in [6.45, 7) is 1.68. The fourth-order valence-corrected chi connectivity index (χ4v) is 3.89. The molecular weight excluding hydrogens is 276 g/mol. The highest BCUT2D eigenvalue weighted by atomic mass is 35.5. The van der Waals surface area contributed by atoms with Crippen LogP contribution in [0.1, 0.15) is 12.1 Å². The van der Waals surface area contributed by atoms with Crippen molar-refractivity contribution in [2.75, 3.05) is 26.8 Å². The third kappa shape index (κ3) is 2.71. The molecule has 0 aromatic carbocycles. The first-order chi connectivity index (χ1) is 8.57. The Bertz CT molecular complexity index is 500. The lowest BCUT2D eigenvalue weighted by Gasteiger charge is -2.15. The number of H-pyrrole nitrogens is 1. The zero-order valence-corrected chi connectivity index (χ0v) is 11.8. The fourth-order valence-electron chi connectivity index (χ4n) is 2.18. The first-order valence-corrected chi connectivity index (χ1v) is 7.77. The first kappa shape index (κ1) is 13.9. The number of methoxy groups -OCH3 is 1. The van der Waals surface area contributed by atoms with Crippen molar-refractivity contribution in [3.63, 3.8) is 0 Å². The van der Waals surface area contributed by atoms with E-state index in [1.165, 1.54) is 10.5 Å². The van der Waals surface area contributed by atoms with Crippen LogP contribution in [0.15, 0.2) is 17.2 Å². The Labute approximate surface area is 112 Å². The maximum absolute atomic E-state index is 12.3. The quantitative estimate of drug-likeness (QED) is 0.835. The summed E-state index contributed by atoms with van der Waals surface area (Å²) in [4.78, 5) is 3.15. The van der Waals surface area contributed by atoms with E-state index in [-0.39, 0.29) is 16.7 Å². The van der Waals surface area contributed by atoms with Crippen LogP contribution >= 0.6 is 11.6 Å². The minimum atomic E-state index is -3.39. The van der Waals surface area contributed by atoms with Crippen LogP contribution < -0.4 is 0 Å². The van der Waals surface area contributed by atoms with Gasteiger partial charge in [0.2, 0.25) is 10.0 Å². The number of hydrogen-bond donors (Lipinski definition) is 1. The lowest BCUT2D eigenvalue weighted by atomic mass is 10.1.